The Labute approximate surface area is 118 Å². The molecular weight excluding hydrogens is 266 g/mol. The summed E-state index contributed by atoms with van der Waals surface area (Å²) in [4.78, 5) is 11.9. The predicted molar refractivity (Wildman–Crippen MR) is 73.1 cm³/mol. The number of ether oxygens (including phenoxy) is 2. The molecule has 1 aromatic rings. The normalized spacial score (nSPS) is 20.2. The maximum atomic E-state index is 11.9. The largest absolute Gasteiger partial charge is 0.381 e. The molecular formula is C14H18ClNO3. The van der Waals surface area contributed by atoms with Gasteiger partial charge in [-0.15, -0.1) is 0 Å². The number of benzene rings is 1. The Morgan fingerprint density at radius 2 is 2.47 bits per heavy atom. The van der Waals surface area contributed by atoms with Crippen LogP contribution in [0.2, 0.25) is 5.02 Å². The van der Waals surface area contributed by atoms with Crippen LogP contribution in [0.25, 0.3) is 0 Å². The lowest BCUT2D eigenvalue weighted by molar-refractivity contribution is -0.125. The highest BCUT2D eigenvalue weighted by Gasteiger charge is 2.24. The summed E-state index contributed by atoms with van der Waals surface area (Å²) in [5.41, 5.74) is 0.956. The summed E-state index contributed by atoms with van der Waals surface area (Å²) in [5, 5.41) is 3.57. The van der Waals surface area contributed by atoms with Gasteiger partial charge < -0.3 is 14.8 Å². The lowest BCUT2D eigenvalue weighted by Crippen LogP contribution is -2.34. The van der Waals surface area contributed by atoms with Crippen LogP contribution < -0.4 is 5.32 Å². The van der Waals surface area contributed by atoms with E-state index in [-0.39, 0.29) is 17.9 Å². The van der Waals surface area contributed by atoms with Gasteiger partial charge in [0.2, 0.25) is 5.91 Å². The highest BCUT2D eigenvalue weighted by atomic mass is 35.5. The molecule has 0 radical (unpaired) electrons. The number of hydrogen-bond donors (Lipinski definition) is 1. The summed E-state index contributed by atoms with van der Waals surface area (Å²) in [7, 11) is 1.62. The molecule has 5 heteroatoms. The SMILES string of the molecule is CO[C@@H](CNC(=O)[C@H]1CCOC1)c1cccc(Cl)c1. The molecule has 1 N–H and O–H groups in total. The molecule has 2 atom stereocenters. The maximum absolute atomic E-state index is 11.9. The van der Waals surface area contributed by atoms with E-state index in [9.17, 15) is 4.79 Å². The second-order valence-electron chi connectivity index (χ2n) is 4.59. The fourth-order valence-corrected chi connectivity index (χ4v) is 2.32. The third kappa shape index (κ3) is 3.93. The van der Waals surface area contributed by atoms with Crippen LogP contribution in [-0.4, -0.2) is 32.8 Å². The van der Waals surface area contributed by atoms with Gasteiger partial charge in [-0.2, -0.15) is 0 Å². The first-order chi connectivity index (χ1) is 9.20. The van der Waals surface area contributed by atoms with Crippen molar-refractivity contribution < 1.29 is 14.3 Å². The minimum atomic E-state index is -0.190. The summed E-state index contributed by atoms with van der Waals surface area (Å²) < 4.78 is 10.6. The molecule has 4 nitrogen and oxygen atoms in total. The summed E-state index contributed by atoms with van der Waals surface area (Å²) in [6, 6.07) is 7.47. The van der Waals surface area contributed by atoms with Gasteiger partial charge in [0.05, 0.1) is 18.6 Å². The zero-order valence-electron chi connectivity index (χ0n) is 10.9. The smallest absolute Gasteiger partial charge is 0.225 e. The molecule has 1 fully saturated rings. The maximum Gasteiger partial charge on any atom is 0.225 e. The molecule has 0 spiro atoms. The first-order valence-corrected chi connectivity index (χ1v) is 6.72. The highest BCUT2D eigenvalue weighted by Crippen LogP contribution is 2.20. The van der Waals surface area contributed by atoms with Gasteiger partial charge in [-0.05, 0) is 24.1 Å². The number of halogens is 1. The van der Waals surface area contributed by atoms with Gasteiger partial charge in [-0.1, -0.05) is 23.7 Å². The molecule has 1 aliphatic rings. The van der Waals surface area contributed by atoms with Crippen LogP contribution >= 0.6 is 11.6 Å². The van der Waals surface area contributed by atoms with E-state index in [1.54, 1.807) is 7.11 Å². The van der Waals surface area contributed by atoms with Crippen LogP contribution in [0, 0.1) is 5.92 Å². The summed E-state index contributed by atoms with van der Waals surface area (Å²) in [6.45, 7) is 1.62. The van der Waals surface area contributed by atoms with Gasteiger partial charge in [0.25, 0.3) is 0 Å². The second-order valence-corrected chi connectivity index (χ2v) is 5.02. The van der Waals surface area contributed by atoms with Crippen molar-refractivity contribution >= 4 is 17.5 Å². The molecule has 1 saturated heterocycles. The quantitative estimate of drug-likeness (QED) is 0.901. The van der Waals surface area contributed by atoms with Gasteiger partial charge >= 0.3 is 0 Å². The lowest BCUT2D eigenvalue weighted by Gasteiger charge is -2.18. The molecule has 2 rings (SSSR count). The first-order valence-electron chi connectivity index (χ1n) is 6.34. The van der Waals surface area contributed by atoms with E-state index in [1.165, 1.54) is 0 Å². The molecule has 1 amide bonds. The molecule has 1 aliphatic heterocycles. The number of nitrogens with one attached hydrogen (secondary N) is 1. The van der Waals surface area contributed by atoms with Crippen LogP contribution in [0.15, 0.2) is 24.3 Å². The van der Waals surface area contributed by atoms with Crippen molar-refractivity contribution in [2.24, 2.45) is 5.92 Å². The average Bonchev–Trinajstić information content (AvgIpc) is 2.93. The highest BCUT2D eigenvalue weighted by molar-refractivity contribution is 6.30. The van der Waals surface area contributed by atoms with Gasteiger partial charge in [-0.25, -0.2) is 0 Å². The molecule has 1 aromatic carbocycles. The number of hydrogen-bond acceptors (Lipinski definition) is 3. The van der Waals surface area contributed by atoms with Gasteiger partial charge in [0, 0.05) is 25.3 Å². The molecule has 1 heterocycles. The molecule has 0 bridgehead atoms. The lowest BCUT2D eigenvalue weighted by atomic mass is 10.1. The number of methoxy groups -OCH3 is 1. The van der Waals surface area contributed by atoms with Crippen molar-refractivity contribution in [3.05, 3.63) is 34.9 Å². The zero-order chi connectivity index (χ0) is 13.7. The number of rotatable bonds is 5. The van der Waals surface area contributed by atoms with Crippen LogP contribution in [0.4, 0.5) is 0 Å². The summed E-state index contributed by atoms with van der Waals surface area (Å²) in [6.07, 6.45) is 0.602. The Kier molecular flexibility index (Phi) is 5.19. The minimum Gasteiger partial charge on any atom is -0.381 e. The van der Waals surface area contributed by atoms with Crippen molar-refractivity contribution in [3.8, 4) is 0 Å². The van der Waals surface area contributed by atoms with E-state index >= 15 is 0 Å². The van der Waals surface area contributed by atoms with Crippen molar-refractivity contribution in [1.29, 1.82) is 0 Å². The standard InChI is InChI=1S/C14H18ClNO3/c1-18-13(10-3-2-4-12(15)7-10)8-16-14(17)11-5-6-19-9-11/h2-4,7,11,13H,5-6,8-9H2,1H3,(H,16,17)/t11-,13-/m0/s1. The summed E-state index contributed by atoms with van der Waals surface area (Å²) in [5.74, 6) is -0.00144. The van der Waals surface area contributed by atoms with Gasteiger partial charge in [0.1, 0.15) is 0 Å². The van der Waals surface area contributed by atoms with Crippen molar-refractivity contribution in [2.75, 3.05) is 26.9 Å². The average molecular weight is 284 g/mol. The Balaban J connectivity index is 1.90. The third-order valence-corrected chi connectivity index (χ3v) is 3.50. The Bertz CT molecular complexity index is 432. The molecule has 0 saturated carbocycles. The molecule has 0 unspecified atom stereocenters. The molecule has 104 valence electrons. The fraction of sp³-hybridized carbons (Fsp3) is 0.500. The van der Waals surface area contributed by atoms with Crippen LogP contribution in [-0.2, 0) is 14.3 Å². The van der Waals surface area contributed by atoms with E-state index < -0.39 is 0 Å². The van der Waals surface area contributed by atoms with Crippen LogP contribution in [0.1, 0.15) is 18.1 Å². The van der Waals surface area contributed by atoms with Crippen LogP contribution in [0.5, 0.6) is 0 Å². The second kappa shape index (κ2) is 6.89. The van der Waals surface area contributed by atoms with E-state index in [1.807, 2.05) is 24.3 Å². The topological polar surface area (TPSA) is 47.6 Å². The molecule has 0 aliphatic carbocycles. The Morgan fingerprint density at radius 3 is 3.11 bits per heavy atom. The number of carbonyl (C=O) groups is 1. The molecule has 0 aromatic heterocycles. The van der Waals surface area contributed by atoms with Crippen molar-refractivity contribution in [1.82, 2.24) is 5.32 Å². The third-order valence-electron chi connectivity index (χ3n) is 3.27. The van der Waals surface area contributed by atoms with Gasteiger partial charge in [0.15, 0.2) is 0 Å². The first kappa shape index (κ1) is 14.3. The van der Waals surface area contributed by atoms with E-state index in [2.05, 4.69) is 5.32 Å². The van der Waals surface area contributed by atoms with E-state index in [4.69, 9.17) is 21.1 Å². The molecule has 19 heavy (non-hydrogen) atoms. The fourth-order valence-electron chi connectivity index (χ4n) is 2.12. The zero-order valence-corrected chi connectivity index (χ0v) is 11.7. The van der Waals surface area contributed by atoms with E-state index in [0.717, 1.165) is 12.0 Å². The van der Waals surface area contributed by atoms with Crippen LogP contribution in [0.3, 0.4) is 0 Å². The Morgan fingerprint density at radius 1 is 1.63 bits per heavy atom. The van der Waals surface area contributed by atoms with E-state index in [0.29, 0.717) is 24.8 Å². The number of amides is 1. The monoisotopic (exact) mass is 283 g/mol. The van der Waals surface area contributed by atoms with Crippen molar-refractivity contribution in [2.45, 2.75) is 12.5 Å². The van der Waals surface area contributed by atoms with Crippen molar-refractivity contribution in [3.63, 3.8) is 0 Å². The minimum absolute atomic E-state index is 0.0292. The Hall–Kier alpha value is -1.10. The summed E-state index contributed by atoms with van der Waals surface area (Å²) >= 11 is 5.95. The van der Waals surface area contributed by atoms with Gasteiger partial charge in [-0.3, -0.25) is 4.79 Å². The predicted octanol–water partition coefficient (Wildman–Crippen LogP) is 2.18. The number of carbonyl (C=O) groups excluding carboxylic acids is 1.